The average Bonchev–Trinajstić information content (AvgIpc) is 2.39. The summed E-state index contributed by atoms with van der Waals surface area (Å²) in [6, 6.07) is 4.90. The minimum atomic E-state index is -4.54. The van der Waals surface area contributed by atoms with E-state index in [0.29, 0.717) is 14.7 Å². The third-order valence-corrected chi connectivity index (χ3v) is 9.27. The Labute approximate surface area is 193 Å². The summed E-state index contributed by atoms with van der Waals surface area (Å²) >= 11 is 5.29. The van der Waals surface area contributed by atoms with Crippen molar-refractivity contribution in [3.63, 3.8) is 0 Å². The highest BCUT2D eigenvalue weighted by Gasteiger charge is 2.29. The van der Waals surface area contributed by atoms with Crippen LogP contribution < -0.4 is 4.18 Å². The van der Waals surface area contributed by atoms with E-state index in [4.69, 9.17) is 4.18 Å². The fraction of sp³-hybridized carbons (Fsp3) is 0.200. The number of hydrogen-bond donors (Lipinski definition) is 1. The Kier molecular flexibility index (Phi) is 6.91. The van der Waals surface area contributed by atoms with Gasteiger partial charge in [0, 0.05) is 3.57 Å². The van der Waals surface area contributed by atoms with Gasteiger partial charge >= 0.3 is 10.1 Å². The van der Waals surface area contributed by atoms with Gasteiger partial charge in [0.25, 0.3) is 10.1 Å². The summed E-state index contributed by atoms with van der Waals surface area (Å²) in [4.78, 5) is -0.330. The number of benzene rings is 2. The molecule has 0 saturated heterocycles. The lowest BCUT2D eigenvalue weighted by Crippen LogP contribution is -2.16. The largest absolute Gasteiger partial charge is 0.377 e. The molecule has 0 unspecified atom stereocenters. The minimum Gasteiger partial charge on any atom is -0.377 e. The van der Waals surface area contributed by atoms with Crippen molar-refractivity contribution < 1.29 is 25.6 Å². The molecular formula is C15H13I3O6S2. The maximum absolute atomic E-state index is 12.9. The van der Waals surface area contributed by atoms with E-state index in [1.54, 1.807) is 71.2 Å². The average molecular weight is 734 g/mol. The Bertz CT molecular complexity index is 1090. The second-order valence-electron chi connectivity index (χ2n) is 5.55. The first-order chi connectivity index (χ1) is 11.8. The van der Waals surface area contributed by atoms with Gasteiger partial charge in [0.15, 0.2) is 5.75 Å². The van der Waals surface area contributed by atoms with Crippen molar-refractivity contribution in [2.75, 3.05) is 0 Å². The molecule has 6 nitrogen and oxygen atoms in total. The quantitative estimate of drug-likeness (QED) is 0.284. The van der Waals surface area contributed by atoms with Crippen molar-refractivity contribution in [3.8, 4) is 5.75 Å². The molecule has 0 heterocycles. The highest BCUT2D eigenvalue weighted by molar-refractivity contribution is 14.1. The molecular weight excluding hydrogens is 721 g/mol. The van der Waals surface area contributed by atoms with Crippen molar-refractivity contribution in [1.29, 1.82) is 0 Å². The van der Waals surface area contributed by atoms with E-state index in [1.807, 2.05) is 29.5 Å². The zero-order chi connectivity index (χ0) is 20.0. The fourth-order valence-electron chi connectivity index (χ4n) is 2.58. The Balaban J connectivity index is 2.70. The standard InChI is InChI=1S/C15H13I3O6S2/c1-7-4-8(2)14(9(3)5-7)26(22,23)24-13-10(16)6-11(17)15(12(13)18)25(19,20)21/h4-6H,1-3H3,(H,19,20,21). The molecule has 11 heteroatoms. The van der Waals surface area contributed by atoms with Crippen molar-refractivity contribution in [2.45, 2.75) is 30.6 Å². The van der Waals surface area contributed by atoms with Crippen LogP contribution in [0.3, 0.4) is 0 Å². The van der Waals surface area contributed by atoms with Crippen molar-refractivity contribution in [3.05, 3.63) is 45.6 Å². The van der Waals surface area contributed by atoms with E-state index in [0.717, 1.165) is 5.56 Å². The molecule has 1 N–H and O–H groups in total. The second kappa shape index (κ2) is 7.96. The maximum atomic E-state index is 12.9. The summed E-state index contributed by atoms with van der Waals surface area (Å²) in [6.45, 7) is 5.20. The van der Waals surface area contributed by atoms with Crippen LogP contribution in [0.5, 0.6) is 5.75 Å². The van der Waals surface area contributed by atoms with E-state index >= 15 is 0 Å². The van der Waals surface area contributed by atoms with E-state index in [2.05, 4.69) is 0 Å². The molecule has 2 aromatic rings. The summed E-state index contributed by atoms with van der Waals surface area (Å²) in [7, 11) is -8.74. The number of aryl methyl sites for hydroxylation is 3. The third-order valence-electron chi connectivity index (χ3n) is 3.39. The molecule has 26 heavy (non-hydrogen) atoms. The highest BCUT2D eigenvalue weighted by atomic mass is 127. The van der Waals surface area contributed by atoms with E-state index < -0.39 is 20.2 Å². The first kappa shape index (κ1) is 22.6. The van der Waals surface area contributed by atoms with Gasteiger partial charge < -0.3 is 4.18 Å². The van der Waals surface area contributed by atoms with Crippen LogP contribution in [-0.2, 0) is 20.2 Å². The molecule has 0 bridgehead atoms. The van der Waals surface area contributed by atoms with Crippen molar-refractivity contribution in [1.82, 2.24) is 0 Å². The molecule has 0 aliphatic heterocycles. The van der Waals surface area contributed by atoms with Gasteiger partial charge in [-0.05, 0) is 106 Å². The molecule has 0 fully saturated rings. The van der Waals surface area contributed by atoms with Gasteiger partial charge in [0.05, 0.1) is 7.14 Å². The molecule has 2 rings (SSSR count). The summed E-state index contributed by atoms with van der Waals surface area (Å²) in [5, 5.41) is 0. The lowest BCUT2D eigenvalue weighted by Gasteiger charge is -2.16. The van der Waals surface area contributed by atoms with E-state index in [9.17, 15) is 21.4 Å². The van der Waals surface area contributed by atoms with Gasteiger partial charge in [-0.1, -0.05) is 17.7 Å². The van der Waals surface area contributed by atoms with Crippen LogP contribution >= 0.6 is 67.8 Å². The van der Waals surface area contributed by atoms with Gasteiger partial charge in [0.1, 0.15) is 9.79 Å². The molecule has 0 saturated carbocycles. The zero-order valence-corrected chi connectivity index (χ0v) is 21.8. The van der Waals surface area contributed by atoms with Crippen LogP contribution in [0.1, 0.15) is 16.7 Å². The highest BCUT2D eigenvalue weighted by Crippen LogP contribution is 2.38. The predicted octanol–water partition coefficient (Wildman–Crippen LogP) is 4.44. The van der Waals surface area contributed by atoms with E-state index in [1.165, 1.54) is 6.07 Å². The normalized spacial score (nSPS) is 12.3. The zero-order valence-electron chi connectivity index (χ0n) is 13.7. The van der Waals surface area contributed by atoms with Crippen molar-refractivity contribution >= 4 is 88.0 Å². The van der Waals surface area contributed by atoms with Crippen molar-refractivity contribution in [2.24, 2.45) is 0 Å². The number of halogens is 3. The van der Waals surface area contributed by atoms with E-state index in [-0.39, 0.29) is 22.7 Å². The predicted molar refractivity (Wildman–Crippen MR) is 123 cm³/mol. The first-order valence-electron chi connectivity index (χ1n) is 6.93. The number of rotatable bonds is 4. The summed E-state index contributed by atoms with van der Waals surface area (Å²) in [5.74, 6) is -0.126. The lowest BCUT2D eigenvalue weighted by atomic mass is 10.1. The van der Waals surface area contributed by atoms with Gasteiger partial charge in [-0.2, -0.15) is 16.8 Å². The Morgan fingerprint density at radius 3 is 1.81 bits per heavy atom. The lowest BCUT2D eigenvalue weighted by molar-refractivity contribution is 0.470. The first-order valence-corrected chi connectivity index (χ1v) is 13.0. The summed E-state index contributed by atoms with van der Waals surface area (Å²) in [5.41, 5.74) is 1.99. The molecule has 0 aromatic heterocycles. The number of hydrogen-bond acceptors (Lipinski definition) is 5. The van der Waals surface area contributed by atoms with Crippen LogP contribution in [0.15, 0.2) is 28.0 Å². The topological polar surface area (TPSA) is 97.7 Å². The molecule has 142 valence electrons. The second-order valence-corrected chi connectivity index (χ2v) is 11.8. The minimum absolute atomic E-state index is 0.00685. The fourth-order valence-corrected chi connectivity index (χ4v) is 10.1. The van der Waals surface area contributed by atoms with Crippen LogP contribution in [0, 0.1) is 31.5 Å². The monoisotopic (exact) mass is 734 g/mol. The SMILES string of the molecule is Cc1cc(C)c(S(=O)(=O)Oc2c(I)cc(I)c(S(=O)(=O)O)c2I)c(C)c1. The Morgan fingerprint density at radius 1 is 0.846 bits per heavy atom. The summed E-state index contributed by atoms with van der Waals surface area (Å²) < 4.78 is 64.5. The van der Waals surface area contributed by atoms with Crippen LogP contribution in [0.4, 0.5) is 0 Å². The molecule has 0 aliphatic rings. The van der Waals surface area contributed by atoms with Crippen LogP contribution in [0.25, 0.3) is 0 Å². The Hall–Kier alpha value is 0.290. The van der Waals surface area contributed by atoms with Gasteiger partial charge in [-0.3, -0.25) is 4.55 Å². The van der Waals surface area contributed by atoms with Crippen LogP contribution in [-0.4, -0.2) is 21.4 Å². The molecule has 0 spiro atoms. The summed E-state index contributed by atoms with van der Waals surface area (Å²) in [6.07, 6.45) is 0. The third kappa shape index (κ3) is 4.64. The molecule has 2 aromatic carbocycles. The molecule has 0 aliphatic carbocycles. The van der Waals surface area contributed by atoms with Gasteiger partial charge in [-0.25, -0.2) is 0 Å². The van der Waals surface area contributed by atoms with Crippen LogP contribution in [0.2, 0.25) is 0 Å². The van der Waals surface area contributed by atoms with Gasteiger partial charge in [0.2, 0.25) is 0 Å². The smallest absolute Gasteiger partial charge is 0.339 e. The molecule has 0 amide bonds. The van der Waals surface area contributed by atoms with Gasteiger partial charge in [-0.15, -0.1) is 0 Å². The Morgan fingerprint density at radius 2 is 1.35 bits per heavy atom. The molecule has 0 radical (unpaired) electrons. The molecule has 0 atom stereocenters. The maximum Gasteiger partial charge on any atom is 0.339 e.